The summed E-state index contributed by atoms with van der Waals surface area (Å²) in [6.07, 6.45) is 29.4. The monoisotopic (exact) mass is 473 g/mol. The summed E-state index contributed by atoms with van der Waals surface area (Å²) in [6, 6.07) is 0. The number of rotatable bonds is 26. The molecule has 1 atom stereocenters. The molecule has 0 N–H and O–H groups in total. The summed E-state index contributed by atoms with van der Waals surface area (Å²) < 4.78 is 11.6. The maximum atomic E-state index is 6.36. The second kappa shape index (κ2) is 24.5. The average molecular weight is 474 g/mol. The number of ether oxygens (including phenoxy) is 2. The predicted octanol–water partition coefficient (Wildman–Crippen LogP) is 9.64. The summed E-state index contributed by atoms with van der Waals surface area (Å²) in [5.41, 5.74) is 0. The van der Waals surface area contributed by atoms with Gasteiger partial charge in [-0.15, -0.1) is 0 Å². The molecule has 1 radical (unpaired) electrons. The quantitative estimate of drug-likeness (QED) is 0.0919. The van der Waals surface area contributed by atoms with Crippen molar-refractivity contribution in [3.63, 3.8) is 0 Å². The van der Waals surface area contributed by atoms with Gasteiger partial charge in [-0.1, -0.05) is 0 Å². The van der Waals surface area contributed by atoms with Gasteiger partial charge < -0.3 is 0 Å². The van der Waals surface area contributed by atoms with Crippen LogP contribution in [-0.4, -0.2) is 44.7 Å². The topological polar surface area (TPSA) is 18.5 Å². The molecule has 0 spiro atoms. The third kappa shape index (κ3) is 17.8. The van der Waals surface area contributed by atoms with Gasteiger partial charge in [-0.25, -0.2) is 0 Å². The molecule has 2 nitrogen and oxygen atoms in total. The summed E-state index contributed by atoms with van der Waals surface area (Å²) in [4.78, 5) is 0. The van der Waals surface area contributed by atoms with Gasteiger partial charge in [-0.05, 0) is 0 Å². The maximum absolute atomic E-state index is 6.36. The summed E-state index contributed by atoms with van der Waals surface area (Å²) in [6.45, 7) is 13.0. The molecule has 0 bridgehead atoms. The molecule has 0 aliphatic rings. The van der Waals surface area contributed by atoms with E-state index in [1.54, 1.807) is 7.11 Å². The fourth-order valence-electron chi connectivity index (χ4n) is 5.08. The van der Waals surface area contributed by atoms with E-state index in [0.29, 0.717) is 13.2 Å². The molecule has 0 saturated carbocycles. The van der Waals surface area contributed by atoms with E-state index in [4.69, 9.17) is 9.47 Å². The van der Waals surface area contributed by atoms with Crippen LogP contribution in [0.2, 0.25) is 0 Å². The molecular formula is C29H62O2P. The van der Waals surface area contributed by atoms with Crippen molar-refractivity contribution in [3.05, 3.63) is 6.92 Å². The Hall–Kier alpha value is 0.350. The first-order chi connectivity index (χ1) is 15.7. The zero-order valence-corrected chi connectivity index (χ0v) is 23.9. The summed E-state index contributed by atoms with van der Waals surface area (Å²) in [7, 11) is 0.230. The molecule has 0 aromatic rings. The van der Waals surface area contributed by atoms with Gasteiger partial charge in [-0.3, -0.25) is 0 Å². The Kier molecular flexibility index (Phi) is 24.7. The van der Waals surface area contributed by atoms with Gasteiger partial charge in [0, 0.05) is 0 Å². The van der Waals surface area contributed by atoms with E-state index < -0.39 is 7.26 Å². The fraction of sp³-hybridized carbons (Fsp3) is 0.966. The van der Waals surface area contributed by atoms with Gasteiger partial charge in [0.05, 0.1) is 0 Å². The van der Waals surface area contributed by atoms with E-state index in [2.05, 4.69) is 27.7 Å². The SMILES string of the molecule is [CH2]C(OCCOC)[PH](CCCCCCCC)(CCCCCCCC)CCCCCCCC. The van der Waals surface area contributed by atoms with Crippen LogP contribution in [0.25, 0.3) is 0 Å². The number of hydrogen-bond acceptors (Lipinski definition) is 2. The molecule has 0 aliphatic heterocycles. The Morgan fingerprint density at radius 2 is 0.875 bits per heavy atom. The van der Waals surface area contributed by atoms with Crippen LogP contribution in [0.4, 0.5) is 0 Å². The van der Waals surface area contributed by atoms with Crippen LogP contribution in [0.3, 0.4) is 0 Å². The Morgan fingerprint density at radius 1 is 0.531 bits per heavy atom. The van der Waals surface area contributed by atoms with E-state index in [1.807, 2.05) is 0 Å². The van der Waals surface area contributed by atoms with Crippen LogP contribution >= 0.6 is 7.26 Å². The van der Waals surface area contributed by atoms with Crippen LogP contribution < -0.4 is 0 Å². The second-order valence-electron chi connectivity index (χ2n) is 10.3. The van der Waals surface area contributed by atoms with Gasteiger partial charge >= 0.3 is 205 Å². The molecule has 0 amide bonds. The van der Waals surface area contributed by atoms with E-state index in [9.17, 15) is 0 Å². The number of unbranched alkanes of at least 4 members (excludes halogenated alkanes) is 15. The average Bonchev–Trinajstić information content (AvgIpc) is 2.80. The summed E-state index contributed by atoms with van der Waals surface area (Å²) in [5, 5.41) is 0. The zero-order valence-electron chi connectivity index (χ0n) is 22.9. The van der Waals surface area contributed by atoms with Crippen LogP contribution in [-0.2, 0) is 9.47 Å². The van der Waals surface area contributed by atoms with Crippen molar-refractivity contribution >= 4 is 7.26 Å². The van der Waals surface area contributed by atoms with Gasteiger partial charge in [0.2, 0.25) is 0 Å². The first kappa shape index (κ1) is 32.4. The van der Waals surface area contributed by atoms with E-state index in [1.165, 1.54) is 134 Å². The molecule has 32 heavy (non-hydrogen) atoms. The van der Waals surface area contributed by atoms with Gasteiger partial charge in [0.1, 0.15) is 0 Å². The van der Waals surface area contributed by atoms with Crippen LogP contribution in [0.15, 0.2) is 0 Å². The van der Waals surface area contributed by atoms with Crippen molar-refractivity contribution in [1.82, 2.24) is 0 Å². The van der Waals surface area contributed by atoms with Gasteiger partial charge in [0.15, 0.2) is 0 Å². The van der Waals surface area contributed by atoms with Crippen molar-refractivity contribution in [1.29, 1.82) is 0 Å². The molecule has 0 aliphatic carbocycles. The van der Waals surface area contributed by atoms with E-state index in [-0.39, 0.29) is 5.85 Å². The van der Waals surface area contributed by atoms with Gasteiger partial charge in [-0.2, -0.15) is 0 Å². The molecule has 0 heterocycles. The first-order valence-corrected chi connectivity index (χ1v) is 17.3. The van der Waals surface area contributed by atoms with Crippen molar-refractivity contribution in [2.24, 2.45) is 0 Å². The standard InChI is InChI=1S/C29H62O2P/c1-6-9-12-15-18-21-26-32(29(4)31-25-24-30-5,27-22-19-16-13-10-7-2)28-23-20-17-14-11-8-3/h29,32H,4,6-28H2,1-3,5H3. The van der Waals surface area contributed by atoms with Crippen molar-refractivity contribution in [2.45, 2.75) is 142 Å². The number of hydrogen-bond donors (Lipinski definition) is 0. The Balaban J connectivity index is 4.91. The summed E-state index contributed by atoms with van der Waals surface area (Å²) in [5.74, 6) is 0.236. The first-order valence-electron chi connectivity index (χ1n) is 14.6. The second-order valence-corrected chi connectivity index (χ2v) is 15.1. The van der Waals surface area contributed by atoms with Crippen LogP contribution in [0.1, 0.15) is 136 Å². The van der Waals surface area contributed by atoms with Crippen LogP contribution in [0.5, 0.6) is 0 Å². The van der Waals surface area contributed by atoms with E-state index in [0.717, 1.165) is 0 Å². The Morgan fingerprint density at radius 3 is 1.22 bits per heavy atom. The van der Waals surface area contributed by atoms with E-state index >= 15 is 0 Å². The third-order valence-corrected chi connectivity index (χ3v) is 13.0. The molecule has 0 aromatic heterocycles. The molecule has 3 heteroatoms. The molecule has 195 valence electrons. The molecule has 0 aromatic carbocycles. The minimum atomic E-state index is -1.54. The third-order valence-electron chi connectivity index (χ3n) is 7.37. The summed E-state index contributed by atoms with van der Waals surface area (Å²) >= 11 is 0. The van der Waals surface area contributed by atoms with Gasteiger partial charge in [0.25, 0.3) is 0 Å². The van der Waals surface area contributed by atoms with Crippen molar-refractivity contribution in [3.8, 4) is 0 Å². The Bertz CT molecular complexity index is 320. The molecule has 0 rings (SSSR count). The fourth-order valence-corrected chi connectivity index (χ4v) is 10.1. The number of methoxy groups -OCH3 is 1. The molecule has 0 fully saturated rings. The van der Waals surface area contributed by atoms with Crippen LogP contribution in [0, 0.1) is 6.92 Å². The minimum absolute atomic E-state index is 0.236. The normalized spacial score (nSPS) is 13.5. The zero-order chi connectivity index (χ0) is 23.8. The van der Waals surface area contributed by atoms with Crippen molar-refractivity contribution in [2.75, 3.05) is 38.8 Å². The molecular weight excluding hydrogens is 411 g/mol. The molecule has 1 unspecified atom stereocenters. The predicted molar refractivity (Wildman–Crippen MR) is 150 cm³/mol. The van der Waals surface area contributed by atoms with Crippen molar-refractivity contribution < 1.29 is 9.47 Å². The molecule has 0 saturated heterocycles. The Labute approximate surface area is 204 Å².